The number of pyridine rings is 1. The van der Waals surface area contributed by atoms with E-state index in [1.54, 1.807) is 6.07 Å². The molecule has 3 rings (SSSR count). The highest BCUT2D eigenvalue weighted by Crippen LogP contribution is 2.29. The van der Waals surface area contributed by atoms with Gasteiger partial charge in [0.25, 0.3) is 0 Å². The fraction of sp³-hybridized carbons (Fsp3) is 0.0714. The van der Waals surface area contributed by atoms with Gasteiger partial charge in [0.05, 0.1) is 5.52 Å². The lowest BCUT2D eigenvalue weighted by atomic mass is 10.1. The average Bonchev–Trinajstić information content (AvgIpc) is 2.45. The minimum absolute atomic E-state index is 0.0286. The van der Waals surface area contributed by atoms with Crippen molar-refractivity contribution in [2.75, 3.05) is 11.5 Å². The van der Waals surface area contributed by atoms with Gasteiger partial charge in [0.2, 0.25) is 5.95 Å². The highest BCUT2D eigenvalue weighted by molar-refractivity contribution is 5.86. The number of alkyl halides is 3. The number of benzene rings is 1. The summed E-state index contributed by atoms with van der Waals surface area (Å²) in [7, 11) is 0. The van der Waals surface area contributed by atoms with Crippen LogP contribution in [0.4, 0.5) is 24.9 Å². The normalized spacial score (nSPS) is 11.6. The molecule has 4 N–H and O–H groups in total. The maximum Gasteiger partial charge on any atom is 0.573 e. The Morgan fingerprint density at radius 1 is 1.00 bits per heavy atom. The van der Waals surface area contributed by atoms with Gasteiger partial charge >= 0.3 is 6.36 Å². The summed E-state index contributed by atoms with van der Waals surface area (Å²) < 4.78 is 40.8. The molecule has 23 heavy (non-hydrogen) atoms. The lowest BCUT2D eigenvalue weighted by Crippen LogP contribution is -2.17. The van der Waals surface area contributed by atoms with Crippen LogP contribution in [0, 0.1) is 0 Å². The zero-order valence-corrected chi connectivity index (χ0v) is 11.5. The van der Waals surface area contributed by atoms with Gasteiger partial charge in [-0.1, -0.05) is 0 Å². The van der Waals surface area contributed by atoms with E-state index in [0.29, 0.717) is 22.0 Å². The topological polar surface area (TPSA) is 99.9 Å². The first kappa shape index (κ1) is 14.8. The third kappa shape index (κ3) is 3.23. The quantitative estimate of drug-likeness (QED) is 0.753. The van der Waals surface area contributed by atoms with Crippen molar-refractivity contribution in [3.05, 3.63) is 36.7 Å². The van der Waals surface area contributed by atoms with E-state index in [2.05, 4.69) is 19.7 Å². The standard InChI is InChI=1S/C14H10F3N5O/c15-14(16,17)23-9-1-2-11-7(4-9)3-8(5-20-11)10-6-21-13(19)22-12(10)18/h1-6H,(H4,18,19,21,22). The van der Waals surface area contributed by atoms with E-state index < -0.39 is 6.36 Å². The average molecular weight is 321 g/mol. The SMILES string of the molecule is Nc1ncc(-c2cnc3ccc(OC(F)(F)F)cc3c2)c(N)n1. The van der Waals surface area contributed by atoms with Crippen molar-refractivity contribution in [2.24, 2.45) is 0 Å². The number of rotatable bonds is 2. The summed E-state index contributed by atoms with van der Waals surface area (Å²) in [6.07, 6.45) is -1.80. The van der Waals surface area contributed by atoms with Gasteiger partial charge in [-0.2, -0.15) is 4.98 Å². The molecule has 0 aliphatic rings. The molecule has 0 radical (unpaired) electrons. The second-order valence-electron chi connectivity index (χ2n) is 4.65. The van der Waals surface area contributed by atoms with Gasteiger partial charge < -0.3 is 16.2 Å². The Labute approximate surface area is 127 Å². The molecule has 2 heterocycles. The number of nitrogen functional groups attached to an aromatic ring is 2. The molecule has 6 nitrogen and oxygen atoms in total. The predicted molar refractivity (Wildman–Crippen MR) is 78.3 cm³/mol. The summed E-state index contributed by atoms with van der Waals surface area (Å²) in [5, 5.41) is 0.459. The summed E-state index contributed by atoms with van der Waals surface area (Å²) >= 11 is 0. The van der Waals surface area contributed by atoms with Crippen molar-refractivity contribution in [1.82, 2.24) is 15.0 Å². The van der Waals surface area contributed by atoms with Crippen LogP contribution < -0.4 is 16.2 Å². The molecule has 0 aliphatic carbocycles. The van der Waals surface area contributed by atoms with Crippen LogP contribution in [-0.2, 0) is 0 Å². The molecule has 2 aromatic heterocycles. The molecular weight excluding hydrogens is 311 g/mol. The first-order chi connectivity index (χ1) is 10.8. The van der Waals surface area contributed by atoms with Crippen LogP contribution >= 0.6 is 0 Å². The maximum atomic E-state index is 12.3. The Morgan fingerprint density at radius 3 is 2.48 bits per heavy atom. The Kier molecular flexibility index (Phi) is 3.40. The molecule has 3 aromatic rings. The number of halogens is 3. The summed E-state index contributed by atoms with van der Waals surface area (Å²) in [5.74, 6) is -0.146. The Morgan fingerprint density at radius 2 is 1.78 bits per heavy atom. The molecule has 0 unspecified atom stereocenters. The fourth-order valence-electron chi connectivity index (χ4n) is 2.09. The smallest absolute Gasteiger partial charge is 0.406 e. The first-order valence-corrected chi connectivity index (χ1v) is 6.36. The van der Waals surface area contributed by atoms with Crippen LogP contribution in [0.15, 0.2) is 36.7 Å². The van der Waals surface area contributed by atoms with Crippen molar-refractivity contribution in [1.29, 1.82) is 0 Å². The number of anilines is 2. The van der Waals surface area contributed by atoms with Crippen molar-refractivity contribution in [3.8, 4) is 16.9 Å². The van der Waals surface area contributed by atoms with Gasteiger partial charge in [0.15, 0.2) is 0 Å². The lowest BCUT2D eigenvalue weighted by molar-refractivity contribution is -0.274. The minimum Gasteiger partial charge on any atom is -0.406 e. The number of hydrogen-bond donors (Lipinski definition) is 2. The monoisotopic (exact) mass is 321 g/mol. The van der Waals surface area contributed by atoms with Crippen molar-refractivity contribution in [3.63, 3.8) is 0 Å². The van der Waals surface area contributed by atoms with Gasteiger partial charge in [0.1, 0.15) is 11.6 Å². The third-order valence-corrected chi connectivity index (χ3v) is 3.03. The van der Waals surface area contributed by atoms with Crippen LogP contribution in [0.5, 0.6) is 5.75 Å². The van der Waals surface area contributed by atoms with E-state index in [0.717, 1.165) is 0 Å². The molecule has 9 heteroatoms. The second-order valence-corrected chi connectivity index (χ2v) is 4.65. The zero-order valence-electron chi connectivity index (χ0n) is 11.5. The number of fused-ring (bicyclic) bond motifs is 1. The van der Waals surface area contributed by atoms with E-state index >= 15 is 0 Å². The molecule has 0 aliphatic heterocycles. The molecule has 0 amide bonds. The Balaban J connectivity index is 2.06. The van der Waals surface area contributed by atoms with Gasteiger partial charge in [-0.3, -0.25) is 4.98 Å². The summed E-state index contributed by atoms with van der Waals surface area (Å²) in [6.45, 7) is 0. The summed E-state index contributed by atoms with van der Waals surface area (Å²) in [6, 6.07) is 5.50. The first-order valence-electron chi connectivity index (χ1n) is 6.36. The summed E-state index contributed by atoms with van der Waals surface area (Å²) in [5.41, 5.74) is 12.8. The highest BCUT2D eigenvalue weighted by atomic mass is 19.4. The molecule has 0 spiro atoms. The Bertz CT molecular complexity index is 882. The van der Waals surface area contributed by atoms with Gasteiger partial charge in [-0.25, -0.2) is 4.98 Å². The molecular formula is C14H10F3N5O. The van der Waals surface area contributed by atoms with Gasteiger partial charge in [0, 0.05) is 28.9 Å². The molecule has 0 fully saturated rings. The number of aromatic nitrogens is 3. The van der Waals surface area contributed by atoms with Crippen molar-refractivity contribution >= 4 is 22.7 Å². The largest absolute Gasteiger partial charge is 0.573 e. The number of nitrogens with zero attached hydrogens (tertiary/aromatic N) is 3. The second kappa shape index (κ2) is 5.27. The van der Waals surface area contributed by atoms with Crippen molar-refractivity contribution < 1.29 is 17.9 Å². The molecule has 118 valence electrons. The molecule has 0 atom stereocenters. The number of ether oxygens (including phenoxy) is 1. The van der Waals surface area contributed by atoms with Gasteiger partial charge in [-0.05, 0) is 24.3 Å². The van der Waals surface area contributed by atoms with E-state index in [4.69, 9.17) is 11.5 Å². The van der Waals surface area contributed by atoms with Crippen LogP contribution in [0.3, 0.4) is 0 Å². The Hall–Kier alpha value is -3.10. The van der Waals surface area contributed by atoms with Gasteiger partial charge in [-0.15, -0.1) is 13.2 Å². The molecule has 0 bridgehead atoms. The maximum absolute atomic E-state index is 12.3. The highest BCUT2D eigenvalue weighted by Gasteiger charge is 2.31. The molecule has 0 saturated heterocycles. The predicted octanol–water partition coefficient (Wildman–Crippen LogP) is 2.75. The molecule has 1 aromatic carbocycles. The summed E-state index contributed by atoms with van der Waals surface area (Å²) in [4.78, 5) is 11.9. The third-order valence-electron chi connectivity index (χ3n) is 3.03. The van der Waals surface area contributed by atoms with E-state index in [-0.39, 0.29) is 17.5 Å². The van der Waals surface area contributed by atoms with E-state index in [1.165, 1.54) is 30.6 Å². The van der Waals surface area contributed by atoms with Crippen LogP contribution in [0.2, 0.25) is 0 Å². The van der Waals surface area contributed by atoms with Crippen LogP contribution in [-0.4, -0.2) is 21.3 Å². The van der Waals surface area contributed by atoms with E-state index in [1.807, 2.05) is 0 Å². The fourth-order valence-corrected chi connectivity index (χ4v) is 2.09. The number of hydrogen-bond acceptors (Lipinski definition) is 6. The molecule has 0 saturated carbocycles. The van der Waals surface area contributed by atoms with E-state index in [9.17, 15) is 13.2 Å². The van der Waals surface area contributed by atoms with Crippen LogP contribution in [0.1, 0.15) is 0 Å². The van der Waals surface area contributed by atoms with Crippen molar-refractivity contribution in [2.45, 2.75) is 6.36 Å². The minimum atomic E-state index is -4.76. The zero-order chi connectivity index (χ0) is 16.6. The lowest BCUT2D eigenvalue weighted by Gasteiger charge is -2.10. The van der Waals surface area contributed by atoms with Crippen LogP contribution in [0.25, 0.3) is 22.0 Å². The number of nitrogens with two attached hydrogens (primary N) is 2.